The van der Waals surface area contributed by atoms with E-state index in [9.17, 15) is 14.3 Å². The van der Waals surface area contributed by atoms with Gasteiger partial charge < -0.3 is 10.0 Å². The maximum Gasteiger partial charge on any atom is 0.223 e. The highest BCUT2D eigenvalue weighted by Gasteiger charge is 2.49. The minimum Gasteiger partial charge on any atom is -0.394 e. The second-order valence-electron chi connectivity index (χ2n) is 3.81. The molecule has 0 aliphatic carbocycles. The molecule has 0 aromatic carbocycles. The minimum absolute atomic E-state index is 0.0332. The zero-order valence-electron chi connectivity index (χ0n) is 7.29. The molecule has 0 saturated carbocycles. The van der Waals surface area contributed by atoms with Crippen LogP contribution in [0.4, 0.5) is 4.39 Å². The van der Waals surface area contributed by atoms with E-state index in [0.717, 1.165) is 0 Å². The summed E-state index contributed by atoms with van der Waals surface area (Å²) in [5.41, 5.74) is 0.136. The molecule has 3 nitrogen and oxygen atoms in total. The Morgan fingerprint density at radius 3 is 3.00 bits per heavy atom. The Morgan fingerprint density at radius 2 is 2.46 bits per heavy atom. The molecule has 1 N–H and O–H groups in total. The largest absolute Gasteiger partial charge is 0.394 e. The number of halogens is 1. The summed E-state index contributed by atoms with van der Waals surface area (Å²) in [5.74, 6) is 0.0332. The summed E-state index contributed by atoms with van der Waals surface area (Å²) in [5, 5.41) is 9.21. The first-order chi connectivity index (χ1) is 6.22. The van der Waals surface area contributed by atoms with Gasteiger partial charge in [-0.05, 0) is 18.4 Å². The fraction of sp³-hybridized carbons (Fsp3) is 0.667. The molecular weight excluding hydrogens is 173 g/mol. The number of rotatable bonds is 1. The molecule has 2 fully saturated rings. The number of carbonyl (C=O) groups excluding carboxylic acids is 1. The van der Waals surface area contributed by atoms with Gasteiger partial charge in [0.25, 0.3) is 0 Å². The van der Waals surface area contributed by atoms with Crippen molar-refractivity contribution >= 4 is 5.91 Å². The van der Waals surface area contributed by atoms with Gasteiger partial charge in [-0.2, -0.15) is 0 Å². The molecule has 2 aliphatic heterocycles. The van der Waals surface area contributed by atoms with Crippen LogP contribution in [-0.2, 0) is 4.79 Å². The smallest absolute Gasteiger partial charge is 0.223 e. The van der Waals surface area contributed by atoms with Crippen LogP contribution in [0.1, 0.15) is 19.3 Å². The van der Waals surface area contributed by atoms with Crippen LogP contribution >= 0.6 is 0 Å². The van der Waals surface area contributed by atoms with Gasteiger partial charge in [0, 0.05) is 13.0 Å². The summed E-state index contributed by atoms with van der Waals surface area (Å²) in [6.07, 6.45) is 2.19. The lowest BCUT2D eigenvalue weighted by Crippen LogP contribution is -2.43. The molecule has 1 amide bonds. The Balaban J connectivity index is 2.29. The molecule has 2 rings (SSSR count). The van der Waals surface area contributed by atoms with Crippen molar-refractivity contribution in [2.75, 3.05) is 13.2 Å². The number of nitrogens with zero attached hydrogens (tertiary/aromatic N) is 1. The molecule has 4 heteroatoms. The lowest BCUT2D eigenvalue weighted by Gasteiger charge is -2.28. The monoisotopic (exact) mass is 185 g/mol. The highest BCUT2D eigenvalue weighted by molar-refractivity contribution is 5.81. The van der Waals surface area contributed by atoms with Gasteiger partial charge in [0.2, 0.25) is 5.91 Å². The van der Waals surface area contributed by atoms with Crippen molar-refractivity contribution in [3.8, 4) is 0 Å². The van der Waals surface area contributed by atoms with E-state index in [-0.39, 0.29) is 12.5 Å². The van der Waals surface area contributed by atoms with Crippen LogP contribution < -0.4 is 0 Å². The van der Waals surface area contributed by atoms with Crippen molar-refractivity contribution in [2.45, 2.75) is 24.8 Å². The van der Waals surface area contributed by atoms with Gasteiger partial charge in [0.05, 0.1) is 18.5 Å². The van der Waals surface area contributed by atoms with Crippen LogP contribution in [0.5, 0.6) is 0 Å². The van der Waals surface area contributed by atoms with Crippen molar-refractivity contribution in [2.24, 2.45) is 0 Å². The molecule has 0 spiro atoms. The van der Waals surface area contributed by atoms with Gasteiger partial charge in [-0.15, -0.1) is 0 Å². The topological polar surface area (TPSA) is 40.5 Å². The summed E-state index contributed by atoms with van der Waals surface area (Å²) < 4.78 is 12.3. The number of hydrogen-bond acceptors (Lipinski definition) is 2. The number of carbonyl (C=O) groups is 1. The van der Waals surface area contributed by atoms with E-state index >= 15 is 0 Å². The first kappa shape index (κ1) is 8.69. The molecule has 0 bridgehead atoms. The number of aliphatic hydroxyl groups is 1. The van der Waals surface area contributed by atoms with Crippen LogP contribution in [0.15, 0.2) is 11.9 Å². The Hall–Kier alpha value is -0.900. The third kappa shape index (κ3) is 1.09. The average Bonchev–Trinajstić information content (AvgIpc) is 2.65. The van der Waals surface area contributed by atoms with Crippen molar-refractivity contribution < 1.29 is 14.3 Å². The number of fused-ring (bicyclic) bond motifs is 1. The predicted molar refractivity (Wildman–Crippen MR) is 44.6 cm³/mol. The average molecular weight is 185 g/mol. The van der Waals surface area contributed by atoms with Gasteiger partial charge in [-0.3, -0.25) is 4.79 Å². The van der Waals surface area contributed by atoms with Crippen molar-refractivity contribution in [3.05, 3.63) is 11.9 Å². The molecule has 72 valence electrons. The van der Waals surface area contributed by atoms with Crippen LogP contribution in [0.3, 0.4) is 0 Å². The summed E-state index contributed by atoms with van der Waals surface area (Å²) in [6, 6.07) is 0. The fourth-order valence-corrected chi connectivity index (χ4v) is 2.29. The second-order valence-corrected chi connectivity index (χ2v) is 3.81. The van der Waals surface area contributed by atoms with Crippen LogP contribution in [0.2, 0.25) is 0 Å². The van der Waals surface area contributed by atoms with E-state index in [4.69, 9.17) is 0 Å². The fourth-order valence-electron chi connectivity index (χ4n) is 2.29. The predicted octanol–water partition coefficient (Wildman–Crippen LogP) is 0.597. The molecule has 2 heterocycles. The first-order valence-electron chi connectivity index (χ1n) is 4.41. The lowest BCUT2D eigenvalue weighted by atomic mass is 9.94. The second kappa shape index (κ2) is 2.80. The van der Waals surface area contributed by atoms with Crippen molar-refractivity contribution in [3.63, 3.8) is 0 Å². The zero-order chi connectivity index (χ0) is 9.47. The summed E-state index contributed by atoms with van der Waals surface area (Å²) in [4.78, 5) is 13.0. The molecule has 13 heavy (non-hydrogen) atoms. The third-order valence-corrected chi connectivity index (χ3v) is 3.04. The maximum atomic E-state index is 12.3. The van der Waals surface area contributed by atoms with Gasteiger partial charge in [0.15, 0.2) is 0 Å². The first-order valence-corrected chi connectivity index (χ1v) is 4.41. The highest BCUT2D eigenvalue weighted by atomic mass is 19.1. The SMILES string of the molecule is O=C1CC[C@@]2(CO)C/C(=C/F)CN12. The highest BCUT2D eigenvalue weighted by Crippen LogP contribution is 2.41. The van der Waals surface area contributed by atoms with Crippen molar-refractivity contribution in [1.82, 2.24) is 4.90 Å². The van der Waals surface area contributed by atoms with Crippen LogP contribution in [0.25, 0.3) is 0 Å². The van der Waals surface area contributed by atoms with Gasteiger partial charge in [-0.1, -0.05) is 0 Å². The van der Waals surface area contributed by atoms with Crippen LogP contribution in [0, 0.1) is 0 Å². The number of aliphatic hydroxyl groups excluding tert-OH is 1. The Labute approximate surface area is 75.8 Å². The third-order valence-electron chi connectivity index (χ3n) is 3.04. The zero-order valence-corrected chi connectivity index (χ0v) is 7.29. The molecular formula is C9H12FNO2. The molecule has 0 radical (unpaired) electrons. The van der Waals surface area contributed by atoms with Crippen LogP contribution in [-0.4, -0.2) is 34.6 Å². The van der Waals surface area contributed by atoms with E-state index in [1.165, 1.54) is 0 Å². The van der Waals surface area contributed by atoms with E-state index in [1.54, 1.807) is 4.90 Å². The number of amides is 1. The minimum atomic E-state index is -0.477. The molecule has 0 aromatic rings. The van der Waals surface area contributed by atoms with E-state index in [1.807, 2.05) is 0 Å². The summed E-state index contributed by atoms with van der Waals surface area (Å²) >= 11 is 0. The normalized spacial score (nSPS) is 36.0. The summed E-state index contributed by atoms with van der Waals surface area (Å²) in [7, 11) is 0. The Morgan fingerprint density at radius 1 is 1.69 bits per heavy atom. The quantitative estimate of drug-likeness (QED) is 0.649. The molecule has 0 aromatic heterocycles. The Kier molecular flexibility index (Phi) is 1.87. The molecule has 2 aliphatic rings. The molecule has 1 atom stereocenters. The standard InChI is InChI=1S/C9H12FNO2/c10-4-7-3-9(6-12)2-1-8(13)11(9)5-7/h4,12H,1-3,5-6H2/b7-4-/t9-/m0/s1. The van der Waals surface area contributed by atoms with E-state index < -0.39 is 5.54 Å². The maximum absolute atomic E-state index is 12.3. The Bertz CT molecular complexity index is 277. The van der Waals surface area contributed by atoms with E-state index in [0.29, 0.717) is 37.7 Å². The molecule has 2 saturated heterocycles. The summed E-state index contributed by atoms with van der Waals surface area (Å²) in [6.45, 7) is 0.298. The van der Waals surface area contributed by atoms with E-state index in [2.05, 4.69) is 0 Å². The van der Waals surface area contributed by atoms with Crippen molar-refractivity contribution in [1.29, 1.82) is 0 Å². The van der Waals surface area contributed by atoms with Gasteiger partial charge in [-0.25, -0.2) is 4.39 Å². The van der Waals surface area contributed by atoms with Gasteiger partial charge in [0.1, 0.15) is 0 Å². The molecule has 0 unspecified atom stereocenters. The lowest BCUT2D eigenvalue weighted by molar-refractivity contribution is -0.130. The number of hydrogen-bond donors (Lipinski definition) is 1. The van der Waals surface area contributed by atoms with Gasteiger partial charge >= 0.3 is 0 Å².